The fourth-order valence-electron chi connectivity index (χ4n) is 3.25. The number of carbonyl (C=O) groups excluding carboxylic acids is 1. The number of aromatic nitrogens is 2. The van der Waals surface area contributed by atoms with Crippen LogP contribution in [0.2, 0.25) is 5.02 Å². The first-order chi connectivity index (χ1) is 15.2. The van der Waals surface area contributed by atoms with E-state index in [2.05, 4.69) is 10.4 Å². The van der Waals surface area contributed by atoms with E-state index in [0.717, 1.165) is 16.7 Å². The molecule has 5 nitrogen and oxygen atoms in total. The smallest absolute Gasteiger partial charge is 0.255 e. The van der Waals surface area contributed by atoms with E-state index in [4.69, 9.17) is 16.3 Å². The molecule has 1 N–H and O–H groups in total. The van der Waals surface area contributed by atoms with Gasteiger partial charge in [0.15, 0.2) is 0 Å². The Balaban J connectivity index is 1.42. The van der Waals surface area contributed by atoms with Crippen LogP contribution in [-0.2, 0) is 19.7 Å². The third-order valence-corrected chi connectivity index (χ3v) is 5.14. The van der Waals surface area contributed by atoms with Crippen LogP contribution >= 0.6 is 11.6 Å². The Hall–Kier alpha value is -3.57. The Kier molecular flexibility index (Phi) is 6.65. The van der Waals surface area contributed by atoms with E-state index in [1.54, 1.807) is 18.3 Å². The second kappa shape index (κ2) is 9.96. The predicted octanol–water partition coefficient (Wildman–Crippen LogP) is 5.09. The molecule has 4 rings (SSSR count). The van der Waals surface area contributed by atoms with Crippen molar-refractivity contribution in [1.82, 2.24) is 15.1 Å². The second-order valence-corrected chi connectivity index (χ2v) is 7.50. The minimum Gasteiger partial charge on any atom is -0.488 e. The molecule has 0 aliphatic rings. The number of para-hydroxylation sites is 1. The molecule has 156 valence electrons. The monoisotopic (exact) mass is 431 g/mol. The van der Waals surface area contributed by atoms with E-state index in [1.165, 1.54) is 0 Å². The molecule has 1 amide bonds. The standard InChI is InChI=1S/C25H22ClN3O2/c26-22-12-10-19(11-13-22)18-31-24-9-4-3-8-23(24)25(30)27-16-20-6-1-2-7-21(20)17-29-15-5-14-28-29/h1-15H,16-18H2,(H,27,30). The molecule has 0 radical (unpaired) electrons. The largest absolute Gasteiger partial charge is 0.488 e. The van der Waals surface area contributed by atoms with Crippen molar-refractivity contribution in [3.63, 3.8) is 0 Å². The van der Waals surface area contributed by atoms with Crippen molar-refractivity contribution in [2.45, 2.75) is 19.7 Å². The summed E-state index contributed by atoms with van der Waals surface area (Å²) in [6.45, 7) is 1.43. The number of hydrogen-bond acceptors (Lipinski definition) is 3. The first-order valence-electron chi connectivity index (χ1n) is 9.98. The lowest BCUT2D eigenvalue weighted by Gasteiger charge is -2.13. The van der Waals surface area contributed by atoms with Crippen LogP contribution in [-0.4, -0.2) is 15.7 Å². The van der Waals surface area contributed by atoms with E-state index in [1.807, 2.05) is 77.6 Å². The van der Waals surface area contributed by atoms with Gasteiger partial charge in [-0.05, 0) is 47.0 Å². The summed E-state index contributed by atoms with van der Waals surface area (Å²) >= 11 is 5.93. The maximum atomic E-state index is 12.9. The molecule has 6 heteroatoms. The van der Waals surface area contributed by atoms with E-state index in [-0.39, 0.29) is 5.91 Å². The molecule has 0 aliphatic heterocycles. The highest BCUT2D eigenvalue weighted by atomic mass is 35.5. The molecule has 1 heterocycles. The Morgan fingerprint density at radius 2 is 1.68 bits per heavy atom. The van der Waals surface area contributed by atoms with Crippen molar-refractivity contribution >= 4 is 17.5 Å². The number of amides is 1. The van der Waals surface area contributed by atoms with Gasteiger partial charge in [0.25, 0.3) is 5.91 Å². The van der Waals surface area contributed by atoms with Gasteiger partial charge in [0, 0.05) is 24.0 Å². The van der Waals surface area contributed by atoms with Crippen molar-refractivity contribution in [2.24, 2.45) is 0 Å². The zero-order chi connectivity index (χ0) is 21.5. The summed E-state index contributed by atoms with van der Waals surface area (Å²) in [5.74, 6) is 0.361. The predicted molar refractivity (Wildman–Crippen MR) is 121 cm³/mol. The molecular weight excluding hydrogens is 410 g/mol. The van der Waals surface area contributed by atoms with Crippen LogP contribution in [0.3, 0.4) is 0 Å². The van der Waals surface area contributed by atoms with Gasteiger partial charge < -0.3 is 10.1 Å². The molecular formula is C25H22ClN3O2. The topological polar surface area (TPSA) is 56.2 Å². The van der Waals surface area contributed by atoms with Gasteiger partial charge >= 0.3 is 0 Å². The Morgan fingerprint density at radius 1 is 0.935 bits per heavy atom. The molecule has 0 saturated heterocycles. The van der Waals surface area contributed by atoms with Crippen molar-refractivity contribution < 1.29 is 9.53 Å². The summed E-state index contributed by atoms with van der Waals surface area (Å²) < 4.78 is 7.78. The van der Waals surface area contributed by atoms with Crippen molar-refractivity contribution in [3.05, 3.63) is 119 Å². The quantitative estimate of drug-likeness (QED) is 0.422. The van der Waals surface area contributed by atoms with E-state index in [0.29, 0.717) is 36.0 Å². The van der Waals surface area contributed by atoms with Gasteiger partial charge in [-0.15, -0.1) is 0 Å². The van der Waals surface area contributed by atoms with Gasteiger partial charge in [-0.2, -0.15) is 5.10 Å². The molecule has 3 aromatic carbocycles. The Labute approximate surface area is 186 Å². The van der Waals surface area contributed by atoms with Crippen LogP contribution in [0.4, 0.5) is 0 Å². The minimum atomic E-state index is -0.180. The summed E-state index contributed by atoms with van der Waals surface area (Å²) in [6.07, 6.45) is 3.68. The second-order valence-electron chi connectivity index (χ2n) is 7.07. The van der Waals surface area contributed by atoms with Gasteiger partial charge in [-0.1, -0.05) is 60.1 Å². The maximum Gasteiger partial charge on any atom is 0.255 e. The van der Waals surface area contributed by atoms with Crippen LogP contribution in [0.15, 0.2) is 91.3 Å². The summed E-state index contributed by atoms with van der Waals surface area (Å²) in [7, 11) is 0. The zero-order valence-electron chi connectivity index (χ0n) is 16.9. The third kappa shape index (κ3) is 5.53. The average Bonchev–Trinajstić information content (AvgIpc) is 3.31. The normalized spacial score (nSPS) is 10.6. The van der Waals surface area contributed by atoms with Gasteiger partial charge in [0.05, 0.1) is 12.1 Å². The SMILES string of the molecule is O=C(NCc1ccccc1Cn1cccn1)c1ccccc1OCc1ccc(Cl)cc1. The fraction of sp³-hybridized carbons (Fsp3) is 0.120. The molecule has 0 atom stereocenters. The van der Waals surface area contributed by atoms with Gasteiger partial charge in [0.2, 0.25) is 0 Å². The fourth-order valence-corrected chi connectivity index (χ4v) is 3.37. The summed E-state index contributed by atoms with van der Waals surface area (Å²) in [4.78, 5) is 12.9. The number of rotatable bonds is 8. The lowest BCUT2D eigenvalue weighted by Crippen LogP contribution is -2.24. The zero-order valence-corrected chi connectivity index (χ0v) is 17.6. The van der Waals surface area contributed by atoms with Crippen LogP contribution in [0.25, 0.3) is 0 Å². The Morgan fingerprint density at radius 3 is 2.45 bits per heavy atom. The number of hydrogen-bond donors (Lipinski definition) is 1. The number of nitrogens with zero attached hydrogens (tertiary/aromatic N) is 2. The maximum absolute atomic E-state index is 12.9. The van der Waals surface area contributed by atoms with Crippen LogP contribution in [0.1, 0.15) is 27.0 Å². The minimum absolute atomic E-state index is 0.180. The van der Waals surface area contributed by atoms with Crippen LogP contribution in [0, 0.1) is 0 Å². The highest BCUT2D eigenvalue weighted by Gasteiger charge is 2.13. The van der Waals surface area contributed by atoms with E-state index >= 15 is 0 Å². The summed E-state index contributed by atoms with van der Waals surface area (Å²) in [5, 5.41) is 7.96. The van der Waals surface area contributed by atoms with E-state index in [9.17, 15) is 4.79 Å². The number of nitrogens with one attached hydrogen (secondary N) is 1. The highest BCUT2D eigenvalue weighted by Crippen LogP contribution is 2.20. The third-order valence-electron chi connectivity index (χ3n) is 4.89. The number of carbonyl (C=O) groups is 1. The molecule has 0 saturated carbocycles. The summed E-state index contributed by atoms with van der Waals surface area (Å²) in [6, 6.07) is 24.6. The van der Waals surface area contributed by atoms with E-state index < -0.39 is 0 Å². The molecule has 4 aromatic rings. The molecule has 0 fully saturated rings. The van der Waals surface area contributed by atoms with Gasteiger partial charge in [0.1, 0.15) is 12.4 Å². The van der Waals surface area contributed by atoms with Gasteiger partial charge in [-0.25, -0.2) is 0 Å². The highest BCUT2D eigenvalue weighted by molar-refractivity contribution is 6.30. The van der Waals surface area contributed by atoms with Crippen molar-refractivity contribution in [1.29, 1.82) is 0 Å². The molecule has 0 unspecified atom stereocenters. The lowest BCUT2D eigenvalue weighted by atomic mass is 10.1. The van der Waals surface area contributed by atoms with Gasteiger partial charge in [-0.3, -0.25) is 9.48 Å². The number of benzene rings is 3. The molecule has 0 spiro atoms. The molecule has 31 heavy (non-hydrogen) atoms. The number of ether oxygens (including phenoxy) is 1. The van der Waals surface area contributed by atoms with Crippen molar-refractivity contribution in [2.75, 3.05) is 0 Å². The molecule has 0 aliphatic carbocycles. The number of halogens is 1. The first kappa shape index (κ1) is 20.7. The lowest BCUT2D eigenvalue weighted by molar-refractivity contribution is 0.0946. The molecule has 1 aromatic heterocycles. The van der Waals surface area contributed by atoms with Crippen LogP contribution < -0.4 is 10.1 Å². The average molecular weight is 432 g/mol. The Bertz CT molecular complexity index is 1140. The summed E-state index contributed by atoms with van der Waals surface area (Å²) in [5.41, 5.74) is 3.64. The first-order valence-corrected chi connectivity index (χ1v) is 10.4. The molecule has 0 bridgehead atoms. The van der Waals surface area contributed by atoms with Crippen molar-refractivity contribution in [3.8, 4) is 5.75 Å². The van der Waals surface area contributed by atoms with Crippen LogP contribution in [0.5, 0.6) is 5.75 Å².